The molecule has 150 valence electrons. The third kappa shape index (κ3) is 3.92. The Labute approximate surface area is 168 Å². The maximum Gasteiger partial charge on any atom is 0.238 e. The normalized spacial score (nSPS) is 17.1. The number of sulfonamides is 1. The quantitative estimate of drug-likeness (QED) is 0.687. The Kier molecular flexibility index (Phi) is 4.93. The van der Waals surface area contributed by atoms with Crippen molar-refractivity contribution in [2.24, 2.45) is 5.14 Å². The van der Waals surface area contributed by atoms with Gasteiger partial charge < -0.3 is 9.42 Å². The van der Waals surface area contributed by atoms with Gasteiger partial charge in [0.05, 0.1) is 10.8 Å². The number of aryl methyl sites for hydroxylation is 1. The fraction of sp³-hybridized carbons (Fsp3) is 0.250. The van der Waals surface area contributed by atoms with Crippen molar-refractivity contribution in [2.45, 2.75) is 30.6 Å². The largest absolute Gasteiger partial charge is 0.339 e. The second-order valence-corrected chi connectivity index (χ2v) is 8.52. The van der Waals surface area contributed by atoms with E-state index >= 15 is 0 Å². The number of benzene rings is 2. The maximum atomic E-state index is 12.5. The van der Waals surface area contributed by atoms with Crippen molar-refractivity contribution in [3.05, 3.63) is 60.0 Å². The van der Waals surface area contributed by atoms with E-state index in [1.807, 2.05) is 24.3 Å². The van der Waals surface area contributed by atoms with Gasteiger partial charge in [0.2, 0.25) is 27.6 Å². The van der Waals surface area contributed by atoms with Crippen molar-refractivity contribution in [1.82, 2.24) is 10.1 Å². The minimum atomic E-state index is -3.85. The second kappa shape index (κ2) is 7.41. The van der Waals surface area contributed by atoms with E-state index in [0.29, 0.717) is 23.9 Å². The van der Waals surface area contributed by atoms with Crippen molar-refractivity contribution in [3.63, 3.8) is 0 Å². The maximum absolute atomic E-state index is 12.5. The standard InChI is InChI=1S/C20H20N4O4S/c1-2-13-6-8-14(9-7-13)19-22-20(28-23-19)15-10-18(25)24(12-15)16-4-3-5-17(11-16)29(21,26)27/h3-9,11,15H,2,10,12H2,1H3,(H2,21,26,27). The van der Waals surface area contributed by atoms with Gasteiger partial charge in [-0.3, -0.25) is 4.79 Å². The molecule has 1 aromatic heterocycles. The van der Waals surface area contributed by atoms with E-state index in [4.69, 9.17) is 9.66 Å². The van der Waals surface area contributed by atoms with E-state index in [-0.39, 0.29) is 23.1 Å². The van der Waals surface area contributed by atoms with Crippen molar-refractivity contribution in [3.8, 4) is 11.4 Å². The van der Waals surface area contributed by atoms with Gasteiger partial charge in [0, 0.05) is 24.2 Å². The van der Waals surface area contributed by atoms with Gasteiger partial charge in [-0.15, -0.1) is 0 Å². The van der Waals surface area contributed by atoms with E-state index in [2.05, 4.69) is 17.1 Å². The number of anilines is 1. The summed E-state index contributed by atoms with van der Waals surface area (Å²) in [6.07, 6.45) is 1.15. The highest BCUT2D eigenvalue weighted by atomic mass is 32.2. The first-order chi connectivity index (χ1) is 13.8. The lowest BCUT2D eigenvalue weighted by molar-refractivity contribution is -0.117. The molecule has 29 heavy (non-hydrogen) atoms. The van der Waals surface area contributed by atoms with Crippen LogP contribution in [0.1, 0.15) is 30.7 Å². The smallest absolute Gasteiger partial charge is 0.238 e. The zero-order valence-corrected chi connectivity index (χ0v) is 16.6. The SMILES string of the molecule is CCc1ccc(-c2noc(C3CC(=O)N(c4cccc(S(N)(=O)=O)c4)C3)n2)cc1. The minimum absolute atomic E-state index is 0.0400. The summed E-state index contributed by atoms with van der Waals surface area (Å²) in [7, 11) is -3.85. The van der Waals surface area contributed by atoms with Crippen LogP contribution in [0.5, 0.6) is 0 Å². The molecule has 0 aliphatic carbocycles. The van der Waals surface area contributed by atoms with Crippen LogP contribution >= 0.6 is 0 Å². The lowest BCUT2D eigenvalue weighted by Crippen LogP contribution is -2.24. The molecule has 0 bridgehead atoms. The molecule has 2 N–H and O–H groups in total. The Hall–Kier alpha value is -3.04. The molecular formula is C20H20N4O4S. The number of amides is 1. The van der Waals surface area contributed by atoms with Gasteiger partial charge in [-0.25, -0.2) is 13.6 Å². The number of aromatic nitrogens is 2. The van der Waals surface area contributed by atoms with Crippen molar-refractivity contribution in [2.75, 3.05) is 11.4 Å². The Morgan fingerprint density at radius 2 is 1.97 bits per heavy atom. The Balaban J connectivity index is 1.55. The lowest BCUT2D eigenvalue weighted by Gasteiger charge is -2.16. The van der Waals surface area contributed by atoms with Crippen LogP contribution in [-0.4, -0.2) is 31.0 Å². The molecule has 1 unspecified atom stereocenters. The first kappa shape index (κ1) is 19.3. The zero-order chi connectivity index (χ0) is 20.6. The van der Waals surface area contributed by atoms with Crippen molar-refractivity contribution < 1.29 is 17.7 Å². The molecular weight excluding hydrogens is 392 g/mol. The zero-order valence-electron chi connectivity index (χ0n) is 15.8. The van der Waals surface area contributed by atoms with Gasteiger partial charge in [0.25, 0.3) is 0 Å². The molecule has 1 atom stereocenters. The summed E-state index contributed by atoms with van der Waals surface area (Å²) >= 11 is 0. The van der Waals surface area contributed by atoms with Crippen LogP contribution in [0.15, 0.2) is 57.9 Å². The van der Waals surface area contributed by atoms with E-state index in [0.717, 1.165) is 12.0 Å². The molecule has 1 amide bonds. The van der Waals surface area contributed by atoms with Crippen LogP contribution in [-0.2, 0) is 21.2 Å². The fourth-order valence-electron chi connectivity index (χ4n) is 3.36. The molecule has 0 spiro atoms. The van der Waals surface area contributed by atoms with Gasteiger partial charge in [-0.2, -0.15) is 4.98 Å². The first-order valence-corrected chi connectivity index (χ1v) is 10.8. The molecule has 1 aliphatic rings. The van der Waals surface area contributed by atoms with E-state index < -0.39 is 10.0 Å². The second-order valence-electron chi connectivity index (χ2n) is 6.95. The highest BCUT2D eigenvalue weighted by Gasteiger charge is 2.35. The van der Waals surface area contributed by atoms with Crippen molar-refractivity contribution >= 4 is 21.6 Å². The summed E-state index contributed by atoms with van der Waals surface area (Å²) in [5.41, 5.74) is 2.54. The number of hydrogen-bond acceptors (Lipinski definition) is 6. The molecule has 2 heterocycles. The summed E-state index contributed by atoms with van der Waals surface area (Å²) in [5, 5.41) is 9.23. The van der Waals surface area contributed by atoms with Gasteiger partial charge >= 0.3 is 0 Å². The third-order valence-electron chi connectivity index (χ3n) is 4.99. The van der Waals surface area contributed by atoms with Crippen LogP contribution in [0.25, 0.3) is 11.4 Å². The van der Waals surface area contributed by atoms with E-state index in [1.165, 1.54) is 22.6 Å². The molecule has 1 aliphatic heterocycles. The Morgan fingerprint density at radius 1 is 1.21 bits per heavy atom. The predicted octanol–water partition coefficient (Wildman–Crippen LogP) is 2.47. The van der Waals surface area contributed by atoms with Crippen LogP contribution in [0, 0.1) is 0 Å². The number of hydrogen-bond donors (Lipinski definition) is 1. The topological polar surface area (TPSA) is 119 Å². The number of nitrogens with two attached hydrogens (primary N) is 1. The predicted molar refractivity (Wildman–Crippen MR) is 107 cm³/mol. The number of carbonyl (C=O) groups excluding carboxylic acids is 1. The average Bonchev–Trinajstić information content (AvgIpc) is 3.34. The molecule has 0 saturated carbocycles. The van der Waals surface area contributed by atoms with Crippen molar-refractivity contribution in [1.29, 1.82) is 0 Å². The van der Waals surface area contributed by atoms with Gasteiger partial charge in [0.15, 0.2) is 0 Å². The summed E-state index contributed by atoms with van der Waals surface area (Å²) in [6.45, 7) is 2.41. The fourth-order valence-corrected chi connectivity index (χ4v) is 3.91. The third-order valence-corrected chi connectivity index (χ3v) is 5.91. The molecule has 4 rings (SSSR count). The minimum Gasteiger partial charge on any atom is -0.339 e. The molecule has 8 nitrogen and oxygen atoms in total. The number of rotatable bonds is 5. The van der Waals surface area contributed by atoms with Crippen LogP contribution in [0.4, 0.5) is 5.69 Å². The Morgan fingerprint density at radius 3 is 2.66 bits per heavy atom. The molecule has 1 saturated heterocycles. The molecule has 9 heteroatoms. The monoisotopic (exact) mass is 412 g/mol. The highest BCUT2D eigenvalue weighted by Crippen LogP contribution is 2.32. The summed E-state index contributed by atoms with van der Waals surface area (Å²) < 4.78 is 28.6. The highest BCUT2D eigenvalue weighted by molar-refractivity contribution is 7.89. The molecule has 2 aromatic carbocycles. The van der Waals surface area contributed by atoms with Gasteiger partial charge in [-0.05, 0) is 30.2 Å². The van der Waals surface area contributed by atoms with Gasteiger partial charge in [-0.1, -0.05) is 42.4 Å². The van der Waals surface area contributed by atoms with Crippen LogP contribution < -0.4 is 10.0 Å². The summed E-state index contributed by atoms with van der Waals surface area (Å²) in [4.78, 5) is 18.5. The van der Waals surface area contributed by atoms with Gasteiger partial charge in [0.1, 0.15) is 0 Å². The average molecular weight is 412 g/mol. The summed E-state index contributed by atoms with van der Waals surface area (Å²) in [5.74, 6) is 0.452. The Bertz CT molecular complexity index is 1160. The number of nitrogens with zero attached hydrogens (tertiary/aromatic N) is 3. The van der Waals surface area contributed by atoms with E-state index in [9.17, 15) is 13.2 Å². The molecule has 1 fully saturated rings. The first-order valence-electron chi connectivity index (χ1n) is 9.21. The van der Waals surface area contributed by atoms with Crippen LogP contribution in [0.2, 0.25) is 0 Å². The molecule has 3 aromatic rings. The summed E-state index contributed by atoms with van der Waals surface area (Å²) in [6, 6.07) is 13.9. The van der Waals surface area contributed by atoms with E-state index in [1.54, 1.807) is 12.1 Å². The lowest BCUT2D eigenvalue weighted by atomic mass is 10.1. The molecule has 0 radical (unpaired) electrons. The number of carbonyl (C=O) groups is 1. The number of primary sulfonamides is 1. The van der Waals surface area contributed by atoms with Crippen LogP contribution in [0.3, 0.4) is 0 Å².